The first kappa shape index (κ1) is 15.7. The molecule has 1 aliphatic heterocycles. The van der Waals surface area contributed by atoms with Crippen molar-refractivity contribution in [2.45, 2.75) is 51.2 Å². The lowest BCUT2D eigenvalue weighted by molar-refractivity contribution is -0.171. The minimum absolute atomic E-state index is 0.00705. The summed E-state index contributed by atoms with van der Waals surface area (Å²) < 4.78 is 16.6. The molecule has 1 saturated carbocycles. The van der Waals surface area contributed by atoms with Gasteiger partial charge in [-0.2, -0.15) is 0 Å². The minimum Gasteiger partial charge on any atom is -0.480 e. The lowest BCUT2D eigenvalue weighted by Crippen LogP contribution is -2.28. The monoisotopic (exact) mass is 286 g/mol. The molecule has 116 valence electrons. The Bertz CT molecular complexity index is 288. The third kappa shape index (κ3) is 5.77. The lowest BCUT2D eigenvalue weighted by atomic mass is 9.82. The Morgan fingerprint density at radius 2 is 1.90 bits per heavy atom. The molecule has 2 aliphatic rings. The van der Waals surface area contributed by atoms with Gasteiger partial charge in [0.15, 0.2) is 6.29 Å². The van der Waals surface area contributed by atoms with Gasteiger partial charge >= 0.3 is 5.97 Å². The van der Waals surface area contributed by atoms with Crippen LogP contribution >= 0.6 is 0 Å². The zero-order chi connectivity index (χ0) is 14.2. The van der Waals surface area contributed by atoms with Crippen molar-refractivity contribution in [3.63, 3.8) is 0 Å². The van der Waals surface area contributed by atoms with Crippen molar-refractivity contribution < 1.29 is 24.1 Å². The molecule has 1 unspecified atom stereocenters. The summed E-state index contributed by atoms with van der Waals surface area (Å²) in [6.07, 6.45) is 7.93. The first-order valence-electron chi connectivity index (χ1n) is 7.77. The van der Waals surface area contributed by atoms with Crippen molar-refractivity contribution in [3.05, 3.63) is 0 Å². The Balaban J connectivity index is 1.61. The van der Waals surface area contributed by atoms with Crippen LogP contribution in [-0.2, 0) is 19.0 Å². The van der Waals surface area contributed by atoms with Gasteiger partial charge in [-0.15, -0.1) is 0 Å². The van der Waals surface area contributed by atoms with Crippen molar-refractivity contribution >= 4 is 5.97 Å². The number of hydrogen-bond donors (Lipinski definition) is 1. The van der Waals surface area contributed by atoms with Crippen LogP contribution < -0.4 is 0 Å². The van der Waals surface area contributed by atoms with E-state index in [0.717, 1.165) is 38.9 Å². The minimum atomic E-state index is -0.893. The van der Waals surface area contributed by atoms with Gasteiger partial charge in [0.25, 0.3) is 0 Å². The molecule has 0 aromatic carbocycles. The Morgan fingerprint density at radius 1 is 1.10 bits per heavy atom. The summed E-state index contributed by atoms with van der Waals surface area (Å²) >= 11 is 0. The van der Waals surface area contributed by atoms with Crippen LogP contribution in [0.3, 0.4) is 0 Å². The second kappa shape index (κ2) is 8.60. The van der Waals surface area contributed by atoms with Crippen molar-refractivity contribution in [3.8, 4) is 0 Å². The highest BCUT2D eigenvalue weighted by Crippen LogP contribution is 2.30. The van der Waals surface area contributed by atoms with Crippen molar-refractivity contribution in [1.82, 2.24) is 0 Å². The summed E-state index contributed by atoms with van der Waals surface area (Å²) in [5.74, 6) is 0.145. The summed E-state index contributed by atoms with van der Waals surface area (Å²) in [7, 11) is 0. The average molecular weight is 286 g/mol. The molecule has 1 saturated heterocycles. The highest BCUT2D eigenvalue weighted by atomic mass is 16.7. The van der Waals surface area contributed by atoms with Gasteiger partial charge in [-0.1, -0.05) is 6.42 Å². The molecule has 0 bridgehead atoms. The summed E-state index contributed by atoms with van der Waals surface area (Å²) in [5.41, 5.74) is 0. The Morgan fingerprint density at radius 3 is 2.60 bits per heavy atom. The van der Waals surface area contributed by atoms with Crippen LogP contribution in [0.2, 0.25) is 0 Å². The standard InChI is InChI=1S/C15H26O5/c16-14(17)11-18-9-12-4-3-5-13(8-12)10-20-15-6-1-2-7-19-15/h12-13,15H,1-11H2,(H,16,17)/t12-,13+,15?/m1/s1. The maximum Gasteiger partial charge on any atom is 0.329 e. The van der Waals surface area contributed by atoms with Gasteiger partial charge in [0.05, 0.1) is 13.2 Å². The highest BCUT2D eigenvalue weighted by Gasteiger charge is 2.24. The summed E-state index contributed by atoms with van der Waals surface area (Å²) in [4.78, 5) is 10.4. The van der Waals surface area contributed by atoms with Gasteiger partial charge in [0.1, 0.15) is 6.61 Å². The van der Waals surface area contributed by atoms with E-state index in [0.29, 0.717) is 18.4 Å². The van der Waals surface area contributed by atoms with Gasteiger partial charge in [-0.3, -0.25) is 0 Å². The van der Waals surface area contributed by atoms with E-state index >= 15 is 0 Å². The second-order valence-electron chi connectivity index (χ2n) is 5.94. The fourth-order valence-corrected chi connectivity index (χ4v) is 3.10. The molecule has 0 amide bonds. The molecule has 0 aromatic rings. The van der Waals surface area contributed by atoms with E-state index in [9.17, 15) is 4.79 Å². The predicted octanol–water partition coefficient (Wildman–Crippen LogP) is 2.44. The molecule has 0 spiro atoms. The smallest absolute Gasteiger partial charge is 0.329 e. The van der Waals surface area contributed by atoms with Crippen LogP contribution in [0.5, 0.6) is 0 Å². The van der Waals surface area contributed by atoms with E-state index in [1.807, 2.05) is 0 Å². The van der Waals surface area contributed by atoms with Crippen LogP contribution in [0, 0.1) is 11.8 Å². The SMILES string of the molecule is O=C(O)COC[C@@H]1CCC[C@H](COC2CCCCO2)C1. The summed E-state index contributed by atoms with van der Waals surface area (Å²) in [6, 6.07) is 0. The van der Waals surface area contributed by atoms with Crippen molar-refractivity contribution in [2.75, 3.05) is 26.4 Å². The fourth-order valence-electron chi connectivity index (χ4n) is 3.10. The van der Waals surface area contributed by atoms with E-state index in [1.165, 1.54) is 19.3 Å². The lowest BCUT2D eigenvalue weighted by Gasteiger charge is -2.30. The largest absolute Gasteiger partial charge is 0.480 e. The van der Waals surface area contributed by atoms with Gasteiger partial charge in [0, 0.05) is 6.61 Å². The van der Waals surface area contributed by atoms with Gasteiger partial charge < -0.3 is 19.3 Å². The van der Waals surface area contributed by atoms with E-state index in [2.05, 4.69) is 0 Å². The third-order valence-corrected chi connectivity index (χ3v) is 4.13. The number of hydrogen-bond acceptors (Lipinski definition) is 4. The molecule has 5 nitrogen and oxygen atoms in total. The highest BCUT2D eigenvalue weighted by molar-refractivity contribution is 5.67. The van der Waals surface area contributed by atoms with Crippen LogP contribution in [0.15, 0.2) is 0 Å². The molecule has 1 N–H and O–H groups in total. The van der Waals surface area contributed by atoms with Crippen molar-refractivity contribution in [1.29, 1.82) is 0 Å². The number of aliphatic carboxylic acids is 1. The van der Waals surface area contributed by atoms with Gasteiger partial charge in [-0.05, 0) is 50.4 Å². The quantitative estimate of drug-likeness (QED) is 0.778. The van der Waals surface area contributed by atoms with E-state index < -0.39 is 5.97 Å². The number of ether oxygens (including phenoxy) is 3. The molecule has 0 aromatic heterocycles. The first-order chi connectivity index (χ1) is 9.74. The molecule has 1 heterocycles. The summed E-state index contributed by atoms with van der Waals surface area (Å²) in [5, 5.41) is 8.56. The fraction of sp³-hybridized carbons (Fsp3) is 0.933. The number of carbonyl (C=O) groups is 1. The molecule has 2 fully saturated rings. The molecule has 1 aliphatic carbocycles. The zero-order valence-electron chi connectivity index (χ0n) is 12.1. The van der Waals surface area contributed by atoms with Crippen LogP contribution in [0.25, 0.3) is 0 Å². The van der Waals surface area contributed by atoms with Crippen LogP contribution in [0.1, 0.15) is 44.9 Å². The van der Waals surface area contributed by atoms with E-state index in [-0.39, 0.29) is 12.9 Å². The normalized spacial score (nSPS) is 31.1. The van der Waals surface area contributed by atoms with Gasteiger partial charge in [0.2, 0.25) is 0 Å². The number of carboxylic acids is 1. The zero-order valence-corrected chi connectivity index (χ0v) is 12.1. The molecule has 2 rings (SSSR count). The molecule has 3 atom stereocenters. The van der Waals surface area contributed by atoms with E-state index in [4.69, 9.17) is 19.3 Å². The molecular weight excluding hydrogens is 260 g/mol. The number of rotatable bonds is 7. The summed E-state index contributed by atoms with van der Waals surface area (Å²) in [6.45, 7) is 1.96. The van der Waals surface area contributed by atoms with Crippen molar-refractivity contribution in [2.24, 2.45) is 11.8 Å². The molecule has 5 heteroatoms. The van der Waals surface area contributed by atoms with Crippen LogP contribution in [0.4, 0.5) is 0 Å². The maximum absolute atomic E-state index is 10.4. The molecule has 20 heavy (non-hydrogen) atoms. The predicted molar refractivity (Wildman–Crippen MR) is 73.4 cm³/mol. The Labute approximate surface area is 120 Å². The maximum atomic E-state index is 10.4. The Hall–Kier alpha value is -0.650. The molecular formula is C15H26O5. The second-order valence-corrected chi connectivity index (χ2v) is 5.94. The first-order valence-corrected chi connectivity index (χ1v) is 7.77. The third-order valence-electron chi connectivity index (χ3n) is 4.13. The average Bonchev–Trinajstić information content (AvgIpc) is 2.46. The van der Waals surface area contributed by atoms with Crippen LogP contribution in [-0.4, -0.2) is 43.8 Å². The topological polar surface area (TPSA) is 65.0 Å². The van der Waals surface area contributed by atoms with E-state index in [1.54, 1.807) is 0 Å². The number of carboxylic acid groups (broad SMARTS) is 1. The van der Waals surface area contributed by atoms with Gasteiger partial charge in [-0.25, -0.2) is 4.79 Å². The molecule has 0 radical (unpaired) electrons. The Kier molecular flexibility index (Phi) is 6.76.